The number of nitrogens with one attached hydrogen (secondary N) is 1. The number of H-pyrrole nitrogens is 1. The third-order valence-electron chi connectivity index (χ3n) is 2.13. The van der Waals surface area contributed by atoms with Gasteiger partial charge >= 0.3 is 0 Å². The predicted molar refractivity (Wildman–Crippen MR) is 63.3 cm³/mol. The molecule has 1 N–H and O–H groups in total. The first-order valence-corrected chi connectivity index (χ1v) is 6.04. The number of nitrogens with zero attached hydrogens (tertiary/aromatic N) is 2. The van der Waals surface area contributed by atoms with Gasteiger partial charge in [-0.25, -0.2) is 13.8 Å². The number of alkyl halides is 2. The van der Waals surface area contributed by atoms with Gasteiger partial charge in [0.25, 0.3) is 0 Å². The van der Waals surface area contributed by atoms with Gasteiger partial charge in [0, 0.05) is 5.56 Å². The smallest absolute Gasteiger partial charge is 0.248 e. The van der Waals surface area contributed by atoms with Crippen LogP contribution in [0.5, 0.6) is 0 Å². The summed E-state index contributed by atoms with van der Waals surface area (Å²) in [5.41, 5.74) is 2.05. The second-order valence-electron chi connectivity index (χ2n) is 3.53. The number of aromatic amines is 1. The summed E-state index contributed by atoms with van der Waals surface area (Å²) < 4.78 is 24.0. The molecule has 1 aromatic carbocycles. The molecule has 0 aliphatic heterocycles. The Morgan fingerprint density at radius 2 is 2.00 bits per heavy atom. The molecule has 0 amide bonds. The molecule has 0 aliphatic rings. The molecule has 17 heavy (non-hydrogen) atoms. The molecule has 90 valence electrons. The predicted octanol–water partition coefficient (Wildman–Crippen LogP) is 3.14. The maximum Gasteiger partial charge on any atom is 0.248 e. The lowest BCUT2D eigenvalue weighted by molar-refractivity contribution is 0.176. The van der Waals surface area contributed by atoms with E-state index in [2.05, 4.69) is 15.2 Å². The molecule has 0 atom stereocenters. The van der Waals surface area contributed by atoms with Crippen LogP contribution >= 0.6 is 11.8 Å². The van der Waals surface area contributed by atoms with E-state index in [4.69, 9.17) is 0 Å². The molecule has 6 heteroatoms. The summed E-state index contributed by atoms with van der Waals surface area (Å²) in [5, 5.41) is 6.97. The molecule has 2 rings (SSSR count). The first kappa shape index (κ1) is 12.0. The van der Waals surface area contributed by atoms with Crippen molar-refractivity contribution in [3.05, 3.63) is 29.8 Å². The minimum absolute atomic E-state index is 0.287. The summed E-state index contributed by atoms with van der Waals surface area (Å²) in [7, 11) is 0. The summed E-state index contributed by atoms with van der Waals surface area (Å²) >= 11 is 0.944. The lowest BCUT2D eigenvalue weighted by Gasteiger charge is -1.96. The SMILES string of the molecule is Cc1ccc(-c2nc(SCC(F)F)n[nH]2)cc1. The molecule has 1 heterocycles. The maximum absolute atomic E-state index is 12.0. The topological polar surface area (TPSA) is 41.6 Å². The van der Waals surface area contributed by atoms with Gasteiger partial charge in [0.2, 0.25) is 11.6 Å². The van der Waals surface area contributed by atoms with E-state index < -0.39 is 6.43 Å². The van der Waals surface area contributed by atoms with Crippen molar-refractivity contribution in [3.8, 4) is 11.4 Å². The zero-order valence-electron chi connectivity index (χ0n) is 9.15. The van der Waals surface area contributed by atoms with Crippen LogP contribution in [0, 0.1) is 6.92 Å². The molecule has 2 aromatic rings. The van der Waals surface area contributed by atoms with E-state index in [0.29, 0.717) is 11.0 Å². The van der Waals surface area contributed by atoms with E-state index in [0.717, 1.165) is 22.9 Å². The van der Waals surface area contributed by atoms with Crippen LogP contribution in [0.2, 0.25) is 0 Å². The Hall–Kier alpha value is -1.43. The number of halogens is 2. The lowest BCUT2D eigenvalue weighted by atomic mass is 10.1. The maximum atomic E-state index is 12.0. The van der Waals surface area contributed by atoms with Gasteiger partial charge in [-0.3, -0.25) is 5.10 Å². The summed E-state index contributed by atoms with van der Waals surface area (Å²) in [6.07, 6.45) is -2.35. The number of aryl methyl sites for hydroxylation is 1. The molecule has 0 fully saturated rings. The molecule has 0 saturated carbocycles. The number of rotatable bonds is 4. The van der Waals surface area contributed by atoms with Gasteiger partial charge in [-0.2, -0.15) is 0 Å². The van der Waals surface area contributed by atoms with Gasteiger partial charge in [-0.05, 0) is 6.92 Å². The zero-order chi connectivity index (χ0) is 12.3. The summed E-state index contributed by atoms with van der Waals surface area (Å²) in [6.45, 7) is 1.99. The van der Waals surface area contributed by atoms with E-state index in [1.165, 1.54) is 0 Å². The van der Waals surface area contributed by atoms with E-state index in [-0.39, 0.29) is 5.75 Å². The van der Waals surface area contributed by atoms with Gasteiger partial charge < -0.3 is 0 Å². The van der Waals surface area contributed by atoms with Crippen LogP contribution in [0.15, 0.2) is 29.4 Å². The molecular formula is C11H11F2N3S. The van der Waals surface area contributed by atoms with Crippen molar-refractivity contribution in [1.82, 2.24) is 15.2 Å². The average Bonchev–Trinajstić information content (AvgIpc) is 2.76. The first-order chi connectivity index (χ1) is 8.15. The van der Waals surface area contributed by atoms with Crippen molar-refractivity contribution < 1.29 is 8.78 Å². The van der Waals surface area contributed by atoms with E-state index in [1.54, 1.807) is 0 Å². The van der Waals surface area contributed by atoms with Crippen LogP contribution < -0.4 is 0 Å². The molecule has 0 bridgehead atoms. The molecular weight excluding hydrogens is 244 g/mol. The van der Waals surface area contributed by atoms with Gasteiger partial charge in [-0.15, -0.1) is 5.10 Å². The zero-order valence-corrected chi connectivity index (χ0v) is 9.97. The van der Waals surface area contributed by atoms with Crippen LogP contribution in [-0.2, 0) is 0 Å². The highest BCUT2D eigenvalue weighted by Crippen LogP contribution is 2.20. The second-order valence-corrected chi connectivity index (χ2v) is 4.52. The van der Waals surface area contributed by atoms with Crippen LogP contribution in [0.3, 0.4) is 0 Å². The Bertz CT molecular complexity index is 482. The van der Waals surface area contributed by atoms with Crippen molar-refractivity contribution in [2.75, 3.05) is 5.75 Å². The quantitative estimate of drug-likeness (QED) is 0.853. The normalized spacial score (nSPS) is 11.1. The number of hydrogen-bond acceptors (Lipinski definition) is 3. The average molecular weight is 255 g/mol. The van der Waals surface area contributed by atoms with Crippen molar-refractivity contribution in [1.29, 1.82) is 0 Å². The third-order valence-corrected chi connectivity index (χ3v) is 2.99. The number of aromatic nitrogens is 3. The first-order valence-electron chi connectivity index (χ1n) is 5.05. The number of hydrogen-bond donors (Lipinski definition) is 1. The third kappa shape index (κ3) is 3.26. The molecule has 0 unspecified atom stereocenters. The minimum Gasteiger partial charge on any atom is -0.258 e. The van der Waals surface area contributed by atoms with Gasteiger partial charge in [-0.1, -0.05) is 41.6 Å². The Kier molecular flexibility index (Phi) is 3.73. The monoisotopic (exact) mass is 255 g/mol. The highest BCUT2D eigenvalue weighted by atomic mass is 32.2. The van der Waals surface area contributed by atoms with E-state index in [9.17, 15) is 8.78 Å². The highest BCUT2D eigenvalue weighted by Gasteiger charge is 2.09. The summed E-state index contributed by atoms with van der Waals surface area (Å²) in [5.74, 6) is 0.312. The Balaban J connectivity index is 2.10. The molecule has 0 radical (unpaired) electrons. The van der Waals surface area contributed by atoms with E-state index in [1.807, 2.05) is 31.2 Å². The van der Waals surface area contributed by atoms with Crippen molar-refractivity contribution in [3.63, 3.8) is 0 Å². The Labute approximate surface area is 102 Å². The fourth-order valence-corrected chi connectivity index (χ4v) is 1.83. The van der Waals surface area contributed by atoms with Gasteiger partial charge in [0.05, 0.1) is 5.75 Å². The number of thioether (sulfide) groups is 1. The van der Waals surface area contributed by atoms with Crippen molar-refractivity contribution >= 4 is 11.8 Å². The van der Waals surface area contributed by atoms with Crippen molar-refractivity contribution in [2.45, 2.75) is 18.5 Å². The van der Waals surface area contributed by atoms with Gasteiger partial charge in [0.1, 0.15) is 0 Å². The van der Waals surface area contributed by atoms with Crippen LogP contribution in [-0.4, -0.2) is 27.4 Å². The highest BCUT2D eigenvalue weighted by molar-refractivity contribution is 7.99. The summed E-state index contributed by atoms with van der Waals surface area (Å²) in [6, 6.07) is 7.75. The van der Waals surface area contributed by atoms with Crippen LogP contribution in [0.1, 0.15) is 5.56 Å². The molecule has 1 aromatic heterocycles. The van der Waals surface area contributed by atoms with Gasteiger partial charge in [0.15, 0.2) is 5.82 Å². The number of benzene rings is 1. The Morgan fingerprint density at radius 1 is 1.29 bits per heavy atom. The van der Waals surface area contributed by atoms with Crippen molar-refractivity contribution in [2.24, 2.45) is 0 Å². The summed E-state index contributed by atoms with van der Waals surface area (Å²) in [4.78, 5) is 4.15. The molecule has 0 aliphatic carbocycles. The standard InChI is InChI=1S/C11H11F2N3S/c1-7-2-4-8(5-3-7)10-14-11(16-15-10)17-6-9(12)13/h2-5,9H,6H2,1H3,(H,14,15,16). The molecule has 0 saturated heterocycles. The lowest BCUT2D eigenvalue weighted by Crippen LogP contribution is -1.93. The van der Waals surface area contributed by atoms with E-state index >= 15 is 0 Å². The largest absolute Gasteiger partial charge is 0.258 e. The second kappa shape index (κ2) is 5.27. The molecule has 3 nitrogen and oxygen atoms in total. The minimum atomic E-state index is -2.35. The van der Waals surface area contributed by atoms with Crippen LogP contribution in [0.4, 0.5) is 8.78 Å². The van der Waals surface area contributed by atoms with Crippen LogP contribution in [0.25, 0.3) is 11.4 Å². The molecule has 0 spiro atoms. The fourth-order valence-electron chi connectivity index (χ4n) is 1.29. The Morgan fingerprint density at radius 3 is 2.65 bits per heavy atom. The fraction of sp³-hybridized carbons (Fsp3) is 0.273.